The van der Waals surface area contributed by atoms with E-state index in [4.69, 9.17) is 9.47 Å². The van der Waals surface area contributed by atoms with Gasteiger partial charge in [0, 0.05) is 22.5 Å². The van der Waals surface area contributed by atoms with Crippen molar-refractivity contribution in [1.29, 1.82) is 0 Å². The smallest absolute Gasteiger partial charge is 0.255 e. The van der Waals surface area contributed by atoms with E-state index in [9.17, 15) is 13.6 Å². The summed E-state index contributed by atoms with van der Waals surface area (Å²) in [6.45, 7) is 9.18. The molecule has 0 aliphatic carbocycles. The summed E-state index contributed by atoms with van der Waals surface area (Å²) in [6, 6.07) is 10.9. The molecular formula is C26H29F2N3O3S. The Morgan fingerprint density at radius 2 is 1.89 bits per heavy atom. The van der Waals surface area contributed by atoms with Crippen LogP contribution in [0.25, 0.3) is 0 Å². The first-order chi connectivity index (χ1) is 16.6. The maximum atomic E-state index is 13.4. The molecule has 35 heavy (non-hydrogen) atoms. The SMILES string of the molecule is CC1(C)OCC(c2ccc(CNc3ncccc3C(=O)NCc3ccc(F)c(F)c3)s2)OC1(C)C. The standard InChI is InChI=1S/C26H29F2N3O3S/c1-25(2)26(3,4)34-21(15-33-25)22-10-8-17(35-22)14-30-23-18(6-5-11-29-23)24(32)31-13-16-7-9-19(27)20(28)12-16/h5-12,21H,13-15H2,1-4H3,(H,29,30)(H,31,32). The fourth-order valence-corrected chi connectivity index (χ4v) is 4.59. The van der Waals surface area contributed by atoms with Crippen molar-refractivity contribution in [3.63, 3.8) is 0 Å². The minimum absolute atomic E-state index is 0.0647. The number of halogens is 2. The number of rotatable bonds is 7. The average Bonchev–Trinajstić information content (AvgIpc) is 3.29. The molecule has 1 aliphatic rings. The lowest BCUT2D eigenvalue weighted by Gasteiger charge is -2.47. The number of hydrogen-bond donors (Lipinski definition) is 2. The molecule has 0 saturated carbocycles. The Labute approximate surface area is 207 Å². The molecule has 2 aromatic heterocycles. The highest BCUT2D eigenvalue weighted by Gasteiger charge is 2.45. The van der Waals surface area contributed by atoms with E-state index in [-0.39, 0.29) is 24.2 Å². The molecule has 9 heteroatoms. The third kappa shape index (κ3) is 5.69. The Kier molecular flexibility index (Phi) is 7.21. The third-order valence-corrected chi connectivity index (χ3v) is 7.58. The normalized spacial score (nSPS) is 18.7. The van der Waals surface area contributed by atoms with Crippen LogP contribution in [0.2, 0.25) is 0 Å². The van der Waals surface area contributed by atoms with Crippen LogP contribution in [0.15, 0.2) is 48.7 Å². The highest BCUT2D eigenvalue weighted by Crippen LogP contribution is 2.41. The van der Waals surface area contributed by atoms with Crippen molar-refractivity contribution in [2.24, 2.45) is 0 Å². The van der Waals surface area contributed by atoms with E-state index in [1.54, 1.807) is 29.7 Å². The van der Waals surface area contributed by atoms with Gasteiger partial charge in [0.15, 0.2) is 11.6 Å². The van der Waals surface area contributed by atoms with Gasteiger partial charge in [-0.2, -0.15) is 0 Å². The molecule has 0 radical (unpaired) electrons. The first-order valence-corrected chi connectivity index (χ1v) is 12.2. The zero-order chi connectivity index (χ0) is 25.2. The van der Waals surface area contributed by atoms with E-state index in [1.165, 1.54) is 6.07 Å². The largest absolute Gasteiger partial charge is 0.370 e. The van der Waals surface area contributed by atoms with E-state index in [0.29, 0.717) is 30.1 Å². The predicted molar refractivity (Wildman–Crippen MR) is 131 cm³/mol. The van der Waals surface area contributed by atoms with Crippen LogP contribution in [0.1, 0.15) is 59.5 Å². The summed E-state index contributed by atoms with van der Waals surface area (Å²) < 4.78 is 38.9. The molecule has 1 atom stereocenters. The Hall–Kier alpha value is -2.88. The predicted octanol–water partition coefficient (Wildman–Crippen LogP) is 5.61. The highest BCUT2D eigenvalue weighted by atomic mass is 32.1. The molecule has 4 rings (SSSR count). The first kappa shape index (κ1) is 25.2. The highest BCUT2D eigenvalue weighted by molar-refractivity contribution is 7.12. The van der Waals surface area contributed by atoms with Crippen LogP contribution in [0.3, 0.4) is 0 Å². The Morgan fingerprint density at radius 3 is 2.63 bits per heavy atom. The molecule has 1 fully saturated rings. The van der Waals surface area contributed by atoms with Crippen molar-refractivity contribution in [2.45, 2.75) is 58.1 Å². The van der Waals surface area contributed by atoms with Gasteiger partial charge in [-0.05, 0) is 69.7 Å². The first-order valence-electron chi connectivity index (χ1n) is 11.4. The number of anilines is 1. The molecule has 1 saturated heterocycles. The summed E-state index contributed by atoms with van der Waals surface area (Å²) in [5.74, 6) is -1.81. The molecule has 0 bridgehead atoms. The monoisotopic (exact) mass is 501 g/mol. The second-order valence-corrected chi connectivity index (χ2v) is 10.6. The number of nitrogens with zero attached hydrogens (tertiary/aromatic N) is 1. The van der Waals surface area contributed by atoms with Gasteiger partial charge < -0.3 is 20.1 Å². The molecule has 3 aromatic rings. The summed E-state index contributed by atoms with van der Waals surface area (Å²) in [7, 11) is 0. The summed E-state index contributed by atoms with van der Waals surface area (Å²) in [6.07, 6.45) is 1.47. The lowest BCUT2D eigenvalue weighted by molar-refractivity contribution is -0.264. The van der Waals surface area contributed by atoms with Crippen LogP contribution >= 0.6 is 11.3 Å². The summed E-state index contributed by atoms with van der Waals surface area (Å²) in [4.78, 5) is 19.2. The Bertz CT molecular complexity index is 1210. The topological polar surface area (TPSA) is 72.5 Å². The average molecular weight is 502 g/mol. The van der Waals surface area contributed by atoms with Gasteiger partial charge in [-0.3, -0.25) is 4.79 Å². The van der Waals surface area contributed by atoms with E-state index >= 15 is 0 Å². The van der Waals surface area contributed by atoms with E-state index in [0.717, 1.165) is 21.9 Å². The van der Waals surface area contributed by atoms with Crippen molar-refractivity contribution in [3.05, 3.63) is 81.2 Å². The second-order valence-electron chi connectivity index (χ2n) is 9.43. The number of hydrogen-bond acceptors (Lipinski definition) is 6. The molecule has 3 heterocycles. The number of benzene rings is 1. The molecule has 1 aliphatic heterocycles. The van der Waals surface area contributed by atoms with Crippen molar-refractivity contribution < 1.29 is 23.0 Å². The number of aromatic nitrogens is 1. The number of carbonyl (C=O) groups excluding carboxylic acids is 1. The van der Waals surface area contributed by atoms with Crippen LogP contribution < -0.4 is 10.6 Å². The van der Waals surface area contributed by atoms with Crippen molar-refractivity contribution in [2.75, 3.05) is 11.9 Å². The van der Waals surface area contributed by atoms with Gasteiger partial charge in [0.05, 0.1) is 29.9 Å². The minimum atomic E-state index is -0.951. The Morgan fingerprint density at radius 1 is 1.09 bits per heavy atom. The van der Waals surface area contributed by atoms with Crippen LogP contribution in [-0.4, -0.2) is 28.7 Å². The number of pyridine rings is 1. The van der Waals surface area contributed by atoms with Gasteiger partial charge in [0.1, 0.15) is 11.9 Å². The lowest BCUT2D eigenvalue weighted by atomic mass is 9.87. The fraction of sp³-hybridized carbons (Fsp3) is 0.385. The van der Waals surface area contributed by atoms with Gasteiger partial charge in [0.25, 0.3) is 5.91 Å². The van der Waals surface area contributed by atoms with Gasteiger partial charge in [-0.1, -0.05) is 6.07 Å². The van der Waals surface area contributed by atoms with E-state index in [2.05, 4.69) is 15.6 Å². The third-order valence-electron chi connectivity index (χ3n) is 6.40. The maximum Gasteiger partial charge on any atom is 0.255 e. The molecular weight excluding hydrogens is 472 g/mol. The molecule has 1 unspecified atom stereocenters. The zero-order valence-electron chi connectivity index (χ0n) is 20.2. The van der Waals surface area contributed by atoms with Crippen LogP contribution in [0, 0.1) is 11.6 Å². The molecule has 1 aromatic carbocycles. The molecule has 1 amide bonds. The van der Waals surface area contributed by atoms with Crippen molar-refractivity contribution in [3.8, 4) is 0 Å². The number of carbonyl (C=O) groups is 1. The second kappa shape index (κ2) is 10.0. The minimum Gasteiger partial charge on any atom is -0.370 e. The van der Waals surface area contributed by atoms with Gasteiger partial charge in [-0.15, -0.1) is 11.3 Å². The van der Waals surface area contributed by atoms with Gasteiger partial charge in [0.2, 0.25) is 0 Å². The summed E-state index contributed by atoms with van der Waals surface area (Å²) >= 11 is 1.62. The zero-order valence-corrected chi connectivity index (χ0v) is 21.0. The van der Waals surface area contributed by atoms with Crippen molar-refractivity contribution in [1.82, 2.24) is 10.3 Å². The number of ether oxygens (including phenoxy) is 2. The molecule has 6 nitrogen and oxygen atoms in total. The number of thiophene rings is 1. The van der Waals surface area contributed by atoms with E-state index < -0.39 is 17.2 Å². The summed E-state index contributed by atoms with van der Waals surface area (Å²) in [5, 5.41) is 5.95. The van der Waals surface area contributed by atoms with Crippen LogP contribution in [0.5, 0.6) is 0 Å². The lowest BCUT2D eigenvalue weighted by Crippen LogP contribution is -2.54. The number of amides is 1. The van der Waals surface area contributed by atoms with E-state index in [1.807, 2.05) is 39.8 Å². The van der Waals surface area contributed by atoms with Crippen molar-refractivity contribution >= 4 is 23.1 Å². The summed E-state index contributed by atoms with van der Waals surface area (Å²) in [5.41, 5.74) is 0.0299. The molecule has 0 spiro atoms. The van der Waals surface area contributed by atoms with Gasteiger partial charge in [-0.25, -0.2) is 13.8 Å². The maximum absolute atomic E-state index is 13.4. The Balaban J connectivity index is 1.37. The number of nitrogens with one attached hydrogen (secondary N) is 2. The molecule has 2 N–H and O–H groups in total. The molecule has 186 valence electrons. The van der Waals surface area contributed by atoms with Crippen LogP contribution in [-0.2, 0) is 22.6 Å². The fourth-order valence-electron chi connectivity index (χ4n) is 3.62. The van der Waals surface area contributed by atoms with Crippen LogP contribution in [0.4, 0.5) is 14.6 Å². The quantitative estimate of drug-likeness (QED) is 0.440. The van der Waals surface area contributed by atoms with Gasteiger partial charge >= 0.3 is 0 Å².